The second-order valence-electron chi connectivity index (χ2n) is 5.96. The summed E-state index contributed by atoms with van der Waals surface area (Å²) >= 11 is 0. The number of anilines is 1. The Morgan fingerprint density at radius 3 is 2.33 bits per heavy atom. The number of nitrogens with two attached hydrogens (primary N) is 1. The molecule has 2 aromatic rings. The maximum Gasteiger partial charge on any atom is 0.258 e. The number of hydrogen-bond donors (Lipinski definition) is 2. The molecule has 9 heteroatoms. The third kappa shape index (κ3) is 4.90. The predicted octanol–water partition coefficient (Wildman–Crippen LogP) is 3.06. The Morgan fingerprint density at radius 1 is 1.19 bits per heavy atom. The van der Waals surface area contributed by atoms with Gasteiger partial charge in [0.25, 0.3) is 5.91 Å². The highest BCUT2D eigenvalue weighted by molar-refractivity contribution is 7.89. The van der Waals surface area contributed by atoms with Gasteiger partial charge < -0.3 is 15.5 Å². The van der Waals surface area contributed by atoms with Crippen LogP contribution in [0.1, 0.15) is 41.1 Å². The fraction of sp³-hybridized carbons (Fsp3) is 0.389. The maximum atomic E-state index is 12.8. The van der Waals surface area contributed by atoms with Gasteiger partial charge in [-0.2, -0.15) is 4.31 Å². The molecule has 0 bridgehead atoms. The van der Waals surface area contributed by atoms with Gasteiger partial charge >= 0.3 is 0 Å². The summed E-state index contributed by atoms with van der Waals surface area (Å²) in [6, 6.07) is 4.69. The normalized spacial score (nSPS) is 11.3. The lowest BCUT2D eigenvalue weighted by Gasteiger charge is -2.20. The van der Waals surface area contributed by atoms with Gasteiger partial charge in [-0.1, -0.05) is 13.8 Å². The molecule has 0 radical (unpaired) electrons. The van der Waals surface area contributed by atoms with Gasteiger partial charge in [0.15, 0.2) is 0 Å². The average Bonchev–Trinajstić information content (AvgIpc) is 3.08. The van der Waals surface area contributed by atoms with Gasteiger partial charge in [0, 0.05) is 18.8 Å². The number of sulfonamides is 1. The van der Waals surface area contributed by atoms with Crippen molar-refractivity contribution in [2.75, 3.05) is 18.4 Å². The third-order valence-electron chi connectivity index (χ3n) is 4.35. The molecule has 0 aliphatic rings. The van der Waals surface area contributed by atoms with Crippen LogP contribution in [0.25, 0.3) is 0 Å². The Balaban J connectivity index is 0.00000364. The molecule has 1 aromatic heterocycles. The largest absolute Gasteiger partial charge is 0.467 e. The van der Waals surface area contributed by atoms with Gasteiger partial charge in [-0.3, -0.25) is 4.79 Å². The molecule has 150 valence electrons. The molecule has 7 nitrogen and oxygen atoms in total. The Hall–Kier alpha value is -1.87. The van der Waals surface area contributed by atoms with E-state index in [1.54, 1.807) is 26.0 Å². The van der Waals surface area contributed by atoms with Gasteiger partial charge in [-0.05, 0) is 43.2 Å². The molecular weight excluding hydrogens is 390 g/mol. The van der Waals surface area contributed by atoms with Gasteiger partial charge in [-0.25, -0.2) is 8.42 Å². The number of carbonyl (C=O) groups excluding carboxylic acids is 1. The maximum absolute atomic E-state index is 12.8. The highest BCUT2D eigenvalue weighted by Crippen LogP contribution is 2.27. The Kier molecular flexibility index (Phi) is 8.04. The lowest BCUT2D eigenvalue weighted by Crippen LogP contribution is -2.30. The number of hydrogen-bond acceptors (Lipinski definition) is 5. The van der Waals surface area contributed by atoms with E-state index in [9.17, 15) is 13.2 Å². The zero-order chi connectivity index (χ0) is 19.5. The van der Waals surface area contributed by atoms with E-state index in [-0.39, 0.29) is 29.8 Å². The van der Waals surface area contributed by atoms with Crippen molar-refractivity contribution in [3.8, 4) is 0 Å². The molecule has 0 spiro atoms. The van der Waals surface area contributed by atoms with Crippen molar-refractivity contribution in [3.63, 3.8) is 0 Å². The number of halogens is 1. The average molecular weight is 416 g/mol. The Bertz CT molecular complexity index is 905. The number of rotatable bonds is 7. The summed E-state index contributed by atoms with van der Waals surface area (Å²) in [6.45, 7) is 8.19. The number of furan rings is 1. The fourth-order valence-electron chi connectivity index (χ4n) is 2.62. The monoisotopic (exact) mass is 415 g/mol. The van der Waals surface area contributed by atoms with Crippen LogP contribution in [0.4, 0.5) is 5.69 Å². The quantitative estimate of drug-likeness (QED) is 0.722. The number of nitrogens with one attached hydrogen (secondary N) is 1. The summed E-state index contributed by atoms with van der Waals surface area (Å²) in [7, 11) is -3.62. The van der Waals surface area contributed by atoms with E-state index in [1.807, 2.05) is 13.8 Å². The molecule has 2 rings (SSSR count). The summed E-state index contributed by atoms with van der Waals surface area (Å²) in [6.07, 6.45) is 1.33. The molecule has 0 atom stereocenters. The van der Waals surface area contributed by atoms with Crippen LogP contribution in [0, 0.1) is 13.8 Å². The molecule has 27 heavy (non-hydrogen) atoms. The second kappa shape index (κ2) is 9.36. The summed E-state index contributed by atoms with van der Waals surface area (Å²) in [5.41, 5.74) is 7.86. The Morgan fingerprint density at radius 2 is 1.81 bits per heavy atom. The zero-order valence-corrected chi connectivity index (χ0v) is 17.5. The summed E-state index contributed by atoms with van der Waals surface area (Å²) in [5, 5.41) is 2.77. The first-order chi connectivity index (χ1) is 12.2. The molecule has 1 aromatic carbocycles. The van der Waals surface area contributed by atoms with Crippen LogP contribution in [-0.4, -0.2) is 31.7 Å². The molecule has 1 heterocycles. The lowest BCUT2D eigenvalue weighted by molar-refractivity contribution is 0.102. The van der Waals surface area contributed by atoms with Crippen LogP contribution in [0.3, 0.4) is 0 Å². The van der Waals surface area contributed by atoms with E-state index in [0.717, 1.165) is 11.1 Å². The molecular formula is C18H26ClN3O4S. The molecule has 0 fully saturated rings. The van der Waals surface area contributed by atoms with E-state index < -0.39 is 10.0 Å². The molecule has 0 saturated heterocycles. The topological polar surface area (TPSA) is 106 Å². The van der Waals surface area contributed by atoms with Crippen molar-refractivity contribution in [3.05, 3.63) is 46.9 Å². The number of amides is 1. The van der Waals surface area contributed by atoms with E-state index in [4.69, 9.17) is 10.2 Å². The lowest BCUT2D eigenvalue weighted by atomic mass is 10.1. The zero-order valence-electron chi connectivity index (χ0n) is 15.9. The number of nitrogens with zero attached hydrogens (tertiary/aromatic N) is 1. The second-order valence-corrected chi connectivity index (χ2v) is 7.90. The predicted molar refractivity (Wildman–Crippen MR) is 108 cm³/mol. The van der Waals surface area contributed by atoms with Crippen molar-refractivity contribution in [1.29, 1.82) is 0 Å². The number of benzene rings is 1. The van der Waals surface area contributed by atoms with Crippen molar-refractivity contribution < 1.29 is 17.6 Å². The first kappa shape index (κ1) is 23.2. The molecule has 0 saturated carbocycles. The molecule has 0 aliphatic carbocycles. The van der Waals surface area contributed by atoms with Crippen molar-refractivity contribution >= 4 is 34.0 Å². The minimum atomic E-state index is -3.62. The molecule has 3 N–H and O–H groups in total. The standard InChI is InChI=1S/C18H25N3O4S.ClH/c1-5-21(6-2)26(23,24)16-7-12(3)13(4)17(9-16)20-18(22)14-8-15(10-19)25-11-14;/h7-9,11H,5-6,10,19H2,1-4H3,(H,20,22);1H. The third-order valence-corrected chi connectivity index (χ3v) is 6.38. The van der Waals surface area contributed by atoms with Crippen molar-refractivity contribution in [2.24, 2.45) is 5.73 Å². The summed E-state index contributed by atoms with van der Waals surface area (Å²) in [5.74, 6) is 0.120. The van der Waals surface area contributed by atoms with Crippen LogP contribution in [0.15, 0.2) is 33.8 Å². The van der Waals surface area contributed by atoms with E-state index in [2.05, 4.69) is 5.32 Å². The highest BCUT2D eigenvalue weighted by atomic mass is 35.5. The summed E-state index contributed by atoms with van der Waals surface area (Å²) < 4.78 is 32.1. The molecule has 1 amide bonds. The fourth-order valence-corrected chi connectivity index (χ4v) is 4.19. The van der Waals surface area contributed by atoms with Crippen LogP contribution in [-0.2, 0) is 16.6 Å². The van der Waals surface area contributed by atoms with E-state index >= 15 is 0 Å². The first-order valence-corrected chi connectivity index (χ1v) is 9.88. The Labute approximate surface area is 166 Å². The van der Waals surface area contributed by atoms with Crippen molar-refractivity contribution in [2.45, 2.75) is 39.1 Å². The first-order valence-electron chi connectivity index (χ1n) is 8.44. The van der Waals surface area contributed by atoms with Crippen LogP contribution in [0.2, 0.25) is 0 Å². The number of aryl methyl sites for hydroxylation is 1. The minimum Gasteiger partial charge on any atom is -0.467 e. The SMILES string of the molecule is CCN(CC)S(=O)(=O)c1cc(C)c(C)c(NC(=O)c2coc(CN)c2)c1.Cl. The van der Waals surface area contributed by atoms with Gasteiger partial charge in [-0.15, -0.1) is 12.4 Å². The highest BCUT2D eigenvalue weighted by Gasteiger charge is 2.23. The smallest absolute Gasteiger partial charge is 0.258 e. The van der Waals surface area contributed by atoms with Gasteiger partial charge in [0.2, 0.25) is 10.0 Å². The molecule has 0 unspecified atom stereocenters. The van der Waals surface area contributed by atoms with Crippen molar-refractivity contribution in [1.82, 2.24) is 4.31 Å². The minimum absolute atomic E-state index is 0. The molecule has 0 aliphatic heterocycles. The van der Waals surface area contributed by atoms with Crippen LogP contribution >= 0.6 is 12.4 Å². The van der Waals surface area contributed by atoms with Crippen LogP contribution in [0.5, 0.6) is 0 Å². The number of carbonyl (C=O) groups is 1. The van der Waals surface area contributed by atoms with E-state index in [1.165, 1.54) is 16.6 Å². The van der Waals surface area contributed by atoms with E-state index in [0.29, 0.717) is 30.1 Å². The van der Waals surface area contributed by atoms with Crippen LogP contribution < -0.4 is 11.1 Å². The summed E-state index contributed by atoms with van der Waals surface area (Å²) in [4.78, 5) is 12.6. The van der Waals surface area contributed by atoms with Gasteiger partial charge in [0.1, 0.15) is 12.0 Å². The van der Waals surface area contributed by atoms with Gasteiger partial charge in [0.05, 0.1) is 17.0 Å².